The Morgan fingerprint density at radius 2 is 2.10 bits per heavy atom. The Balaban J connectivity index is 2.15. The fraction of sp³-hybridized carbons (Fsp3) is 0.933. The number of nitrogens with one attached hydrogen (secondary N) is 1. The molecule has 0 aromatic carbocycles. The van der Waals surface area contributed by atoms with Gasteiger partial charge < -0.3 is 16.0 Å². The van der Waals surface area contributed by atoms with Gasteiger partial charge in [0.15, 0.2) is 5.96 Å². The Kier molecular flexibility index (Phi) is 8.62. The molecule has 0 aliphatic carbocycles. The molecule has 20 heavy (non-hydrogen) atoms. The molecule has 1 aliphatic heterocycles. The highest BCUT2D eigenvalue weighted by Crippen LogP contribution is 2.16. The molecule has 1 atom stereocenters. The van der Waals surface area contributed by atoms with Crippen LogP contribution in [0.3, 0.4) is 0 Å². The van der Waals surface area contributed by atoms with Crippen molar-refractivity contribution in [3.05, 3.63) is 0 Å². The van der Waals surface area contributed by atoms with Crippen LogP contribution in [0.2, 0.25) is 0 Å². The zero-order valence-corrected chi connectivity index (χ0v) is 13.6. The van der Waals surface area contributed by atoms with E-state index in [1.165, 1.54) is 19.4 Å². The highest BCUT2D eigenvalue weighted by Gasteiger charge is 2.22. The van der Waals surface area contributed by atoms with Gasteiger partial charge in [0.25, 0.3) is 0 Å². The fourth-order valence-corrected chi connectivity index (χ4v) is 2.84. The zero-order chi connectivity index (χ0) is 14.8. The van der Waals surface area contributed by atoms with E-state index in [0.717, 1.165) is 45.7 Å². The summed E-state index contributed by atoms with van der Waals surface area (Å²) in [7, 11) is 0. The second-order valence-electron chi connectivity index (χ2n) is 5.46. The minimum absolute atomic E-state index is 0.594. The van der Waals surface area contributed by atoms with Gasteiger partial charge in [0.2, 0.25) is 0 Å². The normalized spacial score (nSPS) is 20.8. The van der Waals surface area contributed by atoms with Gasteiger partial charge in [0.05, 0.1) is 6.54 Å². The van der Waals surface area contributed by atoms with Gasteiger partial charge in [-0.05, 0) is 52.0 Å². The Morgan fingerprint density at radius 1 is 1.35 bits per heavy atom. The molecule has 0 bridgehead atoms. The van der Waals surface area contributed by atoms with Gasteiger partial charge >= 0.3 is 0 Å². The molecule has 1 fully saturated rings. The maximum atomic E-state index is 5.93. The number of rotatable bonds is 9. The number of nitrogens with zero attached hydrogens (tertiary/aromatic N) is 3. The van der Waals surface area contributed by atoms with Gasteiger partial charge in [-0.3, -0.25) is 9.89 Å². The first-order valence-corrected chi connectivity index (χ1v) is 8.21. The quantitative estimate of drug-likeness (QED) is 0.378. The maximum absolute atomic E-state index is 5.93. The number of likely N-dealkylation sites (N-methyl/N-ethyl adjacent to an activating group) is 1. The monoisotopic (exact) mass is 283 g/mol. The van der Waals surface area contributed by atoms with Crippen LogP contribution >= 0.6 is 0 Å². The summed E-state index contributed by atoms with van der Waals surface area (Å²) in [6, 6.07) is 0.594. The summed E-state index contributed by atoms with van der Waals surface area (Å²) >= 11 is 0. The Bertz CT molecular complexity index is 275. The van der Waals surface area contributed by atoms with E-state index < -0.39 is 0 Å². The molecule has 118 valence electrons. The van der Waals surface area contributed by atoms with Crippen molar-refractivity contribution in [3.63, 3.8) is 0 Å². The van der Waals surface area contributed by atoms with Crippen LogP contribution in [0.15, 0.2) is 4.99 Å². The van der Waals surface area contributed by atoms with Gasteiger partial charge in [-0.25, -0.2) is 0 Å². The molecular formula is C15H33N5. The van der Waals surface area contributed by atoms with Crippen LogP contribution in [0.5, 0.6) is 0 Å². The van der Waals surface area contributed by atoms with Crippen molar-refractivity contribution in [2.75, 3.05) is 45.8 Å². The number of likely N-dealkylation sites (tertiary alicyclic amines) is 1. The SMILES string of the molecule is CCN(CC)CCCNC(N)=NCC1CCCN1CC. The van der Waals surface area contributed by atoms with Gasteiger partial charge in [-0.1, -0.05) is 20.8 Å². The Hall–Kier alpha value is -0.810. The van der Waals surface area contributed by atoms with Crippen molar-refractivity contribution in [2.45, 2.75) is 46.1 Å². The number of guanidine groups is 1. The van der Waals surface area contributed by atoms with Crippen molar-refractivity contribution in [2.24, 2.45) is 10.7 Å². The summed E-state index contributed by atoms with van der Waals surface area (Å²) in [6.07, 6.45) is 3.67. The zero-order valence-electron chi connectivity index (χ0n) is 13.6. The minimum Gasteiger partial charge on any atom is -0.370 e. The molecule has 3 N–H and O–H groups in total. The topological polar surface area (TPSA) is 56.9 Å². The lowest BCUT2D eigenvalue weighted by Crippen LogP contribution is -2.37. The van der Waals surface area contributed by atoms with Gasteiger partial charge in [0, 0.05) is 12.6 Å². The number of hydrogen-bond acceptors (Lipinski definition) is 3. The van der Waals surface area contributed by atoms with Crippen LogP contribution in [0, 0.1) is 0 Å². The molecule has 0 aromatic rings. The second-order valence-corrected chi connectivity index (χ2v) is 5.46. The van der Waals surface area contributed by atoms with E-state index in [1.807, 2.05) is 0 Å². The number of hydrogen-bond donors (Lipinski definition) is 2. The molecule has 5 nitrogen and oxygen atoms in total. The van der Waals surface area contributed by atoms with Crippen LogP contribution in [-0.2, 0) is 0 Å². The Morgan fingerprint density at radius 3 is 2.75 bits per heavy atom. The smallest absolute Gasteiger partial charge is 0.188 e. The van der Waals surface area contributed by atoms with E-state index >= 15 is 0 Å². The van der Waals surface area contributed by atoms with E-state index in [2.05, 4.69) is 40.9 Å². The first-order chi connectivity index (χ1) is 9.71. The number of nitrogens with two attached hydrogens (primary N) is 1. The summed E-state index contributed by atoms with van der Waals surface area (Å²) < 4.78 is 0. The lowest BCUT2D eigenvalue weighted by Gasteiger charge is -2.21. The van der Waals surface area contributed by atoms with E-state index in [9.17, 15) is 0 Å². The highest BCUT2D eigenvalue weighted by atomic mass is 15.2. The molecule has 0 spiro atoms. The van der Waals surface area contributed by atoms with Crippen molar-refractivity contribution in [1.29, 1.82) is 0 Å². The van der Waals surface area contributed by atoms with Crippen molar-refractivity contribution in [1.82, 2.24) is 15.1 Å². The minimum atomic E-state index is 0.594. The summed E-state index contributed by atoms with van der Waals surface area (Å²) in [4.78, 5) is 9.41. The summed E-state index contributed by atoms with van der Waals surface area (Å²) in [5.41, 5.74) is 5.93. The largest absolute Gasteiger partial charge is 0.370 e. The molecule has 1 heterocycles. The second kappa shape index (κ2) is 10.00. The van der Waals surface area contributed by atoms with Crippen molar-refractivity contribution in [3.8, 4) is 0 Å². The Labute approximate surface area is 124 Å². The third-order valence-corrected chi connectivity index (χ3v) is 4.23. The first kappa shape index (κ1) is 17.2. The highest BCUT2D eigenvalue weighted by molar-refractivity contribution is 5.77. The molecule has 0 saturated carbocycles. The van der Waals surface area contributed by atoms with E-state index in [4.69, 9.17) is 5.73 Å². The average Bonchev–Trinajstić information content (AvgIpc) is 2.92. The first-order valence-electron chi connectivity index (χ1n) is 8.21. The summed E-state index contributed by atoms with van der Waals surface area (Å²) in [5, 5.41) is 3.23. The van der Waals surface area contributed by atoms with Gasteiger partial charge in [0.1, 0.15) is 0 Å². The van der Waals surface area contributed by atoms with E-state index in [1.54, 1.807) is 0 Å². The molecule has 1 saturated heterocycles. The van der Waals surface area contributed by atoms with Crippen LogP contribution in [0.4, 0.5) is 0 Å². The fourth-order valence-electron chi connectivity index (χ4n) is 2.84. The molecule has 1 aliphatic rings. The van der Waals surface area contributed by atoms with Crippen molar-refractivity contribution >= 4 is 5.96 Å². The van der Waals surface area contributed by atoms with Gasteiger partial charge in [-0.2, -0.15) is 0 Å². The molecule has 5 heteroatoms. The standard InChI is InChI=1S/C15H33N5/c1-4-19(5-2)11-8-10-17-15(16)18-13-14-9-7-12-20(14)6-3/h14H,4-13H2,1-3H3,(H3,16,17,18). The molecule has 0 amide bonds. The predicted octanol–water partition coefficient (Wildman–Crippen LogP) is 1.11. The van der Waals surface area contributed by atoms with Crippen LogP contribution in [0.1, 0.15) is 40.0 Å². The van der Waals surface area contributed by atoms with Crippen LogP contribution < -0.4 is 11.1 Å². The molecule has 0 aromatic heterocycles. The molecule has 1 rings (SSSR count). The van der Waals surface area contributed by atoms with Gasteiger partial charge in [-0.15, -0.1) is 0 Å². The van der Waals surface area contributed by atoms with Crippen molar-refractivity contribution < 1.29 is 0 Å². The summed E-state index contributed by atoms with van der Waals surface area (Å²) in [6.45, 7) is 14.1. The maximum Gasteiger partial charge on any atom is 0.188 e. The third kappa shape index (κ3) is 6.09. The lowest BCUT2D eigenvalue weighted by atomic mass is 10.2. The van der Waals surface area contributed by atoms with Crippen LogP contribution in [0.25, 0.3) is 0 Å². The molecule has 1 unspecified atom stereocenters. The van der Waals surface area contributed by atoms with E-state index in [0.29, 0.717) is 12.0 Å². The predicted molar refractivity (Wildman–Crippen MR) is 87.2 cm³/mol. The number of aliphatic imine (C=N–C) groups is 1. The lowest BCUT2D eigenvalue weighted by molar-refractivity contribution is 0.273. The summed E-state index contributed by atoms with van der Waals surface area (Å²) in [5.74, 6) is 0.604. The molecule has 0 radical (unpaired) electrons. The molecular weight excluding hydrogens is 250 g/mol. The van der Waals surface area contributed by atoms with Crippen LogP contribution in [-0.4, -0.2) is 67.6 Å². The average molecular weight is 283 g/mol. The van der Waals surface area contributed by atoms with E-state index in [-0.39, 0.29) is 0 Å². The third-order valence-electron chi connectivity index (χ3n) is 4.23.